The van der Waals surface area contributed by atoms with Crippen molar-refractivity contribution in [2.24, 2.45) is 17.6 Å². The number of halogens is 1. The molecule has 6 nitrogen and oxygen atoms in total. The summed E-state index contributed by atoms with van der Waals surface area (Å²) in [5.74, 6) is 2.17. The van der Waals surface area contributed by atoms with Gasteiger partial charge in [0.2, 0.25) is 5.91 Å². The van der Waals surface area contributed by atoms with Gasteiger partial charge in [0.15, 0.2) is 6.29 Å². The molecule has 2 aliphatic rings. The first-order chi connectivity index (χ1) is 17.9. The van der Waals surface area contributed by atoms with Crippen LogP contribution in [0.3, 0.4) is 0 Å². The fourth-order valence-electron chi connectivity index (χ4n) is 6.02. The number of rotatable bonds is 10. The van der Waals surface area contributed by atoms with Crippen LogP contribution in [0.5, 0.6) is 11.5 Å². The van der Waals surface area contributed by atoms with E-state index in [1.807, 2.05) is 43.3 Å². The van der Waals surface area contributed by atoms with E-state index in [9.17, 15) is 9.90 Å². The maximum Gasteiger partial charge on any atom is 0.225 e. The third-order valence-electron chi connectivity index (χ3n) is 8.10. The highest BCUT2D eigenvalue weighted by atomic mass is 35.5. The molecule has 0 spiro atoms. The Bertz CT molecular complexity index is 1050. The maximum absolute atomic E-state index is 13.4. The minimum absolute atomic E-state index is 0.0511. The van der Waals surface area contributed by atoms with Crippen molar-refractivity contribution in [1.29, 1.82) is 0 Å². The second kappa shape index (κ2) is 13.1. The van der Waals surface area contributed by atoms with Gasteiger partial charge in [0, 0.05) is 32.2 Å². The van der Waals surface area contributed by atoms with Crippen LogP contribution < -0.4 is 10.5 Å². The Morgan fingerprint density at radius 3 is 2.70 bits per heavy atom. The second-order valence-electron chi connectivity index (χ2n) is 10.7. The molecular formula is C30H41ClN2O4. The van der Waals surface area contributed by atoms with Gasteiger partial charge in [-0.25, -0.2) is 0 Å². The minimum atomic E-state index is -0.779. The number of hydrogen-bond donors (Lipinski definition) is 2. The zero-order valence-electron chi connectivity index (χ0n) is 22.1. The van der Waals surface area contributed by atoms with Crippen LogP contribution >= 0.6 is 11.6 Å². The molecule has 1 saturated heterocycles. The van der Waals surface area contributed by atoms with Crippen molar-refractivity contribution in [3.05, 3.63) is 58.6 Å². The number of aryl methyl sites for hydroxylation is 1. The molecule has 0 bridgehead atoms. The predicted octanol–water partition coefficient (Wildman–Crippen LogP) is 6.03. The molecule has 2 aromatic carbocycles. The molecule has 1 amide bonds. The van der Waals surface area contributed by atoms with Crippen LogP contribution in [-0.4, -0.2) is 48.4 Å². The first-order valence-corrected chi connectivity index (χ1v) is 14.0. The van der Waals surface area contributed by atoms with E-state index in [4.69, 9.17) is 26.8 Å². The van der Waals surface area contributed by atoms with E-state index in [1.54, 1.807) is 0 Å². The summed E-state index contributed by atoms with van der Waals surface area (Å²) in [7, 11) is 1.52. The summed E-state index contributed by atoms with van der Waals surface area (Å²) >= 11 is 6.74. The topological polar surface area (TPSA) is 85.0 Å². The average molecular weight is 529 g/mol. The Kier molecular flexibility index (Phi) is 9.88. The molecular weight excluding hydrogens is 488 g/mol. The number of nitrogens with zero attached hydrogens (tertiary/aromatic N) is 1. The van der Waals surface area contributed by atoms with Gasteiger partial charge in [-0.2, -0.15) is 0 Å². The normalized spacial score (nSPS) is 23.6. The highest BCUT2D eigenvalue weighted by Crippen LogP contribution is 2.44. The van der Waals surface area contributed by atoms with Crippen LogP contribution in [0.4, 0.5) is 0 Å². The summed E-state index contributed by atoms with van der Waals surface area (Å²) in [5, 5.41) is 10.6. The Morgan fingerprint density at radius 1 is 1.16 bits per heavy atom. The van der Waals surface area contributed by atoms with E-state index < -0.39 is 6.29 Å². The van der Waals surface area contributed by atoms with Crippen LogP contribution in [0.1, 0.15) is 68.4 Å². The van der Waals surface area contributed by atoms with Crippen molar-refractivity contribution < 1.29 is 19.4 Å². The lowest BCUT2D eigenvalue weighted by Crippen LogP contribution is -2.44. The third-order valence-corrected chi connectivity index (χ3v) is 8.40. The van der Waals surface area contributed by atoms with Crippen LogP contribution in [0.2, 0.25) is 5.02 Å². The first-order valence-electron chi connectivity index (χ1n) is 13.6. The lowest BCUT2D eigenvalue weighted by molar-refractivity contribution is -0.137. The fourth-order valence-corrected chi connectivity index (χ4v) is 6.24. The van der Waals surface area contributed by atoms with Gasteiger partial charge in [-0.15, -0.1) is 0 Å². The molecule has 202 valence electrons. The number of carbonyl (C=O) groups excluding carboxylic acids is 1. The van der Waals surface area contributed by atoms with Gasteiger partial charge in [0.1, 0.15) is 11.5 Å². The van der Waals surface area contributed by atoms with Gasteiger partial charge >= 0.3 is 0 Å². The number of amides is 1. The molecule has 3 N–H and O–H groups in total. The standard InChI is InChI=1S/C30H41ClN2O4/c1-20-8-3-4-13-27(20)37-29-25(11-5-12-26(29)31)24(10-6-14-28(34)36-2)22-9-7-17-33(19-22)30(35)21-15-16-23(32)18-21/h3-5,8,11-13,21-24,28,34H,6-7,9-10,14-19,32H2,1-2H3/t21-,22+,23?,24?,28+/m1/s1. The van der Waals surface area contributed by atoms with Crippen LogP contribution in [-0.2, 0) is 9.53 Å². The van der Waals surface area contributed by atoms with Crippen molar-refractivity contribution in [3.63, 3.8) is 0 Å². The Hall–Kier alpha value is -2.12. The quantitative estimate of drug-likeness (QED) is 0.368. The number of likely N-dealkylation sites (tertiary alicyclic amines) is 1. The number of hydrogen-bond acceptors (Lipinski definition) is 5. The van der Waals surface area contributed by atoms with E-state index in [0.29, 0.717) is 17.2 Å². The number of aliphatic hydroxyl groups excluding tert-OH is 1. The van der Waals surface area contributed by atoms with Crippen LogP contribution in [0, 0.1) is 18.8 Å². The second-order valence-corrected chi connectivity index (χ2v) is 11.1. The van der Waals surface area contributed by atoms with Crippen molar-refractivity contribution in [2.45, 2.75) is 76.5 Å². The number of methoxy groups -OCH3 is 1. The van der Waals surface area contributed by atoms with E-state index in [0.717, 1.165) is 74.9 Å². The number of nitrogens with two attached hydrogens (primary N) is 1. The van der Waals surface area contributed by atoms with Crippen molar-refractivity contribution >= 4 is 17.5 Å². The van der Waals surface area contributed by atoms with Crippen LogP contribution in [0.25, 0.3) is 0 Å². The molecule has 37 heavy (non-hydrogen) atoms. The van der Waals surface area contributed by atoms with Crippen molar-refractivity contribution in [3.8, 4) is 11.5 Å². The number of para-hydroxylation sites is 2. The van der Waals surface area contributed by atoms with E-state index in [2.05, 4.69) is 11.0 Å². The molecule has 2 fully saturated rings. The molecule has 5 atom stereocenters. The van der Waals surface area contributed by atoms with Gasteiger partial charge < -0.3 is 25.2 Å². The largest absolute Gasteiger partial charge is 0.455 e. The van der Waals surface area contributed by atoms with Gasteiger partial charge in [0.25, 0.3) is 0 Å². The van der Waals surface area contributed by atoms with Gasteiger partial charge in [-0.1, -0.05) is 41.9 Å². The molecule has 4 rings (SSSR count). The lowest BCUT2D eigenvalue weighted by atomic mass is 9.77. The summed E-state index contributed by atoms with van der Waals surface area (Å²) < 4.78 is 11.5. The number of piperidine rings is 1. The van der Waals surface area contributed by atoms with E-state index >= 15 is 0 Å². The number of ether oxygens (including phenoxy) is 2. The molecule has 1 saturated carbocycles. The predicted molar refractivity (Wildman–Crippen MR) is 147 cm³/mol. The lowest BCUT2D eigenvalue weighted by Gasteiger charge is -2.39. The Labute approximate surface area is 226 Å². The van der Waals surface area contributed by atoms with E-state index in [1.165, 1.54) is 7.11 Å². The maximum atomic E-state index is 13.4. The Morgan fingerprint density at radius 2 is 1.97 bits per heavy atom. The molecule has 1 aliphatic carbocycles. The van der Waals surface area contributed by atoms with Gasteiger partial charge in [0.05, 0.1) is 5.02 Å². The summed E-state index contributed by atoms with van der Waals surface area (Å²) in [6, 6.07) is 14.0. The smallest absolute Gasteiger partial charge is 0.225 e. The highest BCUT2D eigenvalue weighted by Gasteiger charge is 2.36. The number of benzene rings is 2. The minimum Gasteiger partial charge on any atom is -0.455 e. The third kappa shape index (κ3) is 7.05. The molecule has 0 radical (unpaired) electrons. The monoisotopic (exact) mass is 528 g/mol. The van der Waals surface area contributed by atoms with Crippen molar-refractivity contribution in [2.75, 3.05) is 20.2 Å². The highest BCUT2D eigenvalue weighted by molar-refractivity contribution is 6.32. The number of carbonyl (C=O) groups is 1. The zero-order valence-corrected chi connectivity index (χ0v) is 22.8. The summed E-state index contributed by atoms with van der Waals surface area (Å²) in [6.07, 6.45) is 6.02. The summed E-state index contributed by atoms with van der Waals surface area (Å²) in [4.78, 5) is 15.4. The Balaban J connectivity index is 1.60. The molecule has 7 heteroatoms. The van der Waals surface area contributed by atoms with E-state index in [-0.39, 0.29) is 29.7 Å². The van der Waals surface area contributed by atoms with Crippen LogP contribution in [0.15, 0.2) is 42.5 Å². The molecule has 2 aromatic rings. The molecule has 1 heterocycles. The van der Waals surface area contributed by atoms with Gasteiger partial charge in [-0.05, 0) is 93.4 Å². The molecule has 2 unspecified atom stereocenters. The number of aliphatic hydroxyl groups is 1. The average Bonchev–Trinajstić information content (AvgIpc) is 3.34. The van der Waals surface area contributed by atoms with Crippen molar-refractivity contribution in [1.82, 2.24) is 4.90 Å². The summed E-state index contributed by atoms with van der Waals surface area (Å²) in [6.45, 7) is 3.55. The molecule has 0 aromatic heterocycles. The first kappa shape index (κ1) is 27.9. The molecule has 1 aliphatic heterocycles. The fraction of sp³-hybridized carbons (Fsp3) is 0.567. The van der Waals surface area contributed by atoms with Gasteiger partial charge in [-0.3, -0.25) is 4.79 Å². The summed E-state index contributed by atoms with van der Waals surface area (Å²) in [5.41, 5.74) is 8.21. The zero-order chi connectivity index (χ0) is 26.4. The SMILES string of the molecule is CO[C@H](O)CCCC(c1cccc(Cl)c1Oc1ccccc1C)[C@H]1CCCN(C(=O)[C@@H]2CCC(N)C2)C1.